The Labute approximate surface area is 188 Å². The van der Waals surface area contributed by atoms with E-state index in [2.05, 4.69) is 37.4 Å². The van der Waals surface area contributed by atoms with Crippen molar-refractivity contribution in [3.63, 3.8) is 0 Å². The average Bonchev–Trinajstić information content (AvgIpc) is 3.43. The monoisotopic (exact) mass is 478 g/mol. The van der Waals surface area contributed by atoms with E-state index in [-0.39, 0.29) is 12.2 Å². The van der Waals surface area contributed by atoms with Crippen molar-refractivity contribution in [2.24, 2.45) is 5.14 Å². The van der Waals surface area contributed by atoms with E-state index >= 15 is 0 Å². The summed E-state index contributed by atoms with van der Waals surface area (Å²) in [5.74, 6) is 0.289. The van der Waals surface area contributed by atoms with E-state index in [1.54, 1.807) is 4.68 Å². The molecular weight excluding hydrogens is 456 g/mol. The molecule has 1 aromatic carbocycles. The van der Waals surface area contributed by atoms with E-state index < -0.39 is 35.3 Å². The standard InChI is InChI=1S/C19H22N6O5S2/c20-17-16-18(23-9-22-17)25(15-7-13(26)14(30-15)8-29-32(21,27)28)24-19(16)31-12-5-4-10-2-1-3-11(10)6-12/h4-6,9,13-15,26H,1-3,7-8H2,(H2,20,22,23)(H2,21,27,28)/t13-,14-,15+/m0/s1. The Bertz CT molecular complexity index is 1280. The lowest BCUT2D eigenvalue weighted by molar-refractivity contribution is -0.0415. The number of nitrogen functional groups attached to an aromatic ring is 1. The minimum absolute atomic E-state index is 0.169. The van der Waals surface area contributed by atoms with E-state index in [0.29, 0.717) is 16.1 Å². The summed E-state index contributed by atoms with van der Waals surface area (Å²) in [6.45, 7) is -0.399. The average molecular weight is 479 g/mol. The van der Waals surface area contributed by atoms with Crippen molar-refractivity contribution in [2.75, 3.05) is 12.3 Å². The Balaban J connectivity index is 1.45. The number of benzene rings is 1. The van der Waals surface area contributed by atoms with Gasteiger partial charge in [0.1, 0.15) is 23.3 Å². The fourth-order valence-electron chi connectivity index (χ4n) is 4.14. The predicted molar refractivity (Wildman–Crippen MR) is 116 cm³/mol. The van der Waals surface area contributed by atoms with E-state index in [4.69, 9.17) is 15.6 Å². The number of nitrogens with two attached hydrogens (primary N) is 2. The highest BCUT2D eigenvalue weighted by Gasteiger charge is 2.38. The molecule has 0 saturated carbocycles. The van der Waals surface area contributed by atoms with Gasteiger partial charge < -0.3 is 15.6 Å². The molecule has 1 fully saturated rings. The van der Waals surface area contributed by atoms with Crippen molar-refractivity contribution in [1.29, 1.82) is 0 Å². The number of aryl methyl sites for hydroxylation is 2. The third-order valence-electron chi connectivity index (χ3n) is 5.64. The molecule has 5 rings (SSSR count). The molecule has 32 heavy (non-hydrogen) atoms. The number of hydrogen-bond acceptors (Lipinski definition) is 10. The van der Waals surface area contributed by atoms with Crippen LogP contribution < -0.4 is 10.9 Å². The zero-order chi connectivity index (χ0) is 22.5. The molecular formula is C19H22N6O5S2. The molecule has 0 unspecified atom stereocenters. The van der Waals surface area contributed by atoms with Gasteiger partial charge in [-0.15, -0.1) is 0 Å². The van der Waals surface area contributed by atoms with E-state index in [1.807, 2.05) is 0 Å². The number of ether oxygens (including phenoxy) is 1. The number of fused-ring (bicyclic) bond motifs is 2. The smallest absolute Gasteiger partial charge is 0.333 e. The zero-order valence-corrected chi connectivity index (χ0v) is 18.6. The van der Waals surface area contributed by atoms with Crippen molar-refractivity contribution >= 4 is 38.9 Å². The molecule has 3 heterocycles. The third-order valence-corrected chi connectivity index (χ3v) is 7.08. The quantitative estimate of drug-likeness (QED) is 0.463. The topological polar surface area (TPSA) is 168 Å². The number of rotatable bonds is 6. The maximum Gasteiger partial charge on any atom is 0.333 e. The Morgan fingerprint density at radius 1 is 1.28 bits per heavy atom. The van der Waals surface area contributed by atoms with Crippen LogP contribution in [0.4, 0.5) is 5.82 Å². The van der Waals surface area contributed by atoms with Gasteiger partial charge in [0.25, 0.3) is 0 Å². The molecule has 5 N–H and O–H groups in total. The number of aliphatic hydroxyl groups excluding tert-OH is 1. The lowest BCUT2D eigenvalue weighted by Gasteiger charge is -2.14. The van der Waals surface area contributed by atoms with Crippen LogP contribution in [0.3, 0.4) is 0 Å². The van der Waals surface area contributed by atoms with Crippen LogP contribution in [-0.4, -0.2) is 52.1 Å². The molecule has 2 aromatic heterocycles. The van der Waals surface area contributed by atoms with Crippen LogP contribution in [0.5, 0.6) is 0 Å². The van der Waals surface area contributed by atoms with Crippen LogP contribution in [0.25, 0.3) is 11.0 Å². The second kappa shape index (κ2) is 8.24. The number of aliphatic hydroxyl groups is 1. The number of hydrogen-bond donors (Lipinski definition) is 3. The second-order valence-corrected chi connectivity index (χ2v) is 10.1. The second-order valence-electron chi connectivity index (χ2n) is 7.80. The molecule has 0 bridgehead atoms. The maximum atomic E-state index is 11.1. The summed E-state index contributed by atoms with van der Waals surface area (Å²) in [6.07, 6.45) is 2.31. The highest BCUT2D eigenvalue weighted by Crippen LogP contribution is 2.39. The summed E-state index contributed by atoms with van der Waals surface area (Å²) in [6, 6.07) is 6.39. The van der Waals surface area contributed by atoms with Gasteiger partial charge in [0.05, 0.1) is 18.1 Å². The van der Waals surface area contributed by atoms with Crippen molar-refractivity contribution in [2.45, 2.75) is 54.0 Å². The normalized spacial score (nSPS) is 23.1. The minimum Gasteiger partial charge on any atom is -0.390 e. The van der Waals surface area contributed by atoms with Crippen LogP contribution in [0.1, 0.15) is 30.2 Å². The Morgan fingerprint density at radius 2 is 2.09 bits per heavy atom. The molecule has 1 saturated heterocycles. The molecule has 170 valence electrons. The first kappa shape index (κ1) is 21.6. The number of nitrogens with zero attached hydrogens (tertiary/aromatic N) is 4. The maximum absolute atomic E-state index is 11.1. The van der Waals surface area contributed by atoms with E-state index in [1.165, 1.54) is 35.6 Å². The van der Waals surface area contributed by atoms with E-state index in [0.717, 1.165) is 17.7 Å². The van der Waals surface area contributed by atoms with Gasteiger partial charge >= 0.3 is 10.3 Å². The van der Waals surface area contributed by atoms with Crippen LogP contribution >= 0.6 is 11.8 Å². The van der Waals surface area contributed by atoms with Crippen LogP contribution in [0.15, 0.2) is 34.4 Å². The van der Waals surface area contributed by atoms with Crippen LogP contribution in [0.2, 0.25) is 0 Å². The van der Waals surface area contributed by atoms with Crippen molar-refractivity contribution in [3.05, 3.63) is 35.7 Å². The van der Waals surface area contributed by atoms with Crippen molar-refractivity contribution < 1.29 is 22.4 Å². The van der Waals surface area contributed by atoms with Crippen LogP contribution in [-0.2, 0) is 32.1 Å². The SMILES string of the molecule is Nc1ncnc2c1c(Sc1ccc3c(c1)CCC3)nn2[C@H]1C[C@H](O)[C@H](COS(N)(=O)=O)O1. The molecule has 3 atom stereocenters. The molecule has 1 aliphatic carbocycles. The van der Waals surface area contributed by atoms with E-state index in [9.17, 15) is 13.5 Å². The summed E-state index contributed by atoms with van der Waals surface area (Å²) >= 11 is 1.46. The summed E-state index contributed by atoms with van der Waals surface area (Å²) in [5, 5.41) is 21.1. The first-order valence-electron chi connectivity index (χ1n) is 10.1. The predicted octanol–water partition coefficient (Wildman–Crippen LogP) is 0.917. The minimum atomic E-state index is -4.15. The highest BCUT2D eigenvalue weighted by molar-refractivity contribution is 7.99. The highest BCUT2D eigenvalue weighted by atomic mass is 32.2. The fourth-order valence-corrected chi connectivity index (χ4v) is 5.45. The summed E-state index contributed by atoms with van der Waals surface area (Å²) in [4.78, 5) is 9.47. The molecule has 11 nitrogen and oxygen atoms in total. The Morgan fingerprint density at radius 3 is 2.91 bits per heavy atom. The Kier molecular flexibility index (Phi) is 5.55. The number of aromatic nitrogens is 4. The van der Waals surface area contributed by atoms with Crippen molar-refractivity contribution in [1.82, 2.24) is 19.7 Å². The van der Waals surface area contributed by atoms with Crippen LogP contribution in [0, 0.1) is 0 Å². The summed E-state index contributed by atoms with van der Waals surface area (Å²) in [7, 11) is -4.15. The molecule has 13 heteroatoms. The lowest BCUT2D eigenvalue weighted by Crippen LogP contribution is -2.30. The van der Waals surface area contributed by atoms with Gasteiger partial charge in [0.15, 0.2) is 11.9 Å². The van der Waals surface area contributed by atoms with Gasteiger partial charge in [-0.1, -0.05) is 17.8 Å². The van der Waals surface area contributed by atoms with Gasteiger partial charge in [-0.3, -0.25) is 4.18 Å². The van der Waals surface area contributed by atoms with Gasteiger partial charge in [-0.05, 0) is 42.5 Å². The molecule has 0 amide bonds. The molecule has 2 aliphatic rings. The molecule has 1 aliphatic heterocycles. The molecule has 0 spiro atoms. The summed E-state index contributed by atoms with van der Waals surface area (Å²) < 4.78 is 34.1. The van der Waals surface area contributed by atoms with Gasteiger partial charge in [-0.25, -0.2) is 19.8 Å². The lowest BCUT2D eigenvalue weighted by atomic mass is 10.1. The first-order chi connectivity index (χ1) is 15.3. The fraction of sp³-hybridized carbons (Fsp3) is 0.421. The van der Waals surface area contributed by atoms with Gasteiger partial charge in [0, 0.05) is 11.3 Å². The largest absolute Gasteiger partial charge is 0.390 e. The first-order valence-corrected chi connectivity index (χ1v) is 12.4. The summed E-state index contributed by atoms with van der Waals surface area (Å²) in [5.41, 5.74) is 9.35. The Hall–Kier alpha value is -2.29. The molecule has 0 radical (unpaired) electrons. The third kappa shape index (κ3) is 4.19. The number of anilines is 1. The van der Waals surface area contributed by atoms with Crippen molar-refractivity contribution in [3.8, 4) is 0 Å². The van der Waals surface area contributed by atoms with Gasteiger partial charge in [0.2, 0.25) is 0 Å². The van der Waals surface area contributed by atoms with Gasteiger partial charge in [-0.2, -0.15) is 13.5 Å². The zero-order valence-electron chi connectivity index (χ0n) is 16.9. The molecule has 3 aromatic rings.